The molecule has 3 aromatic rings. The Labute approximate surface area is 700 Å². The Morgan fingerprint density at radius 1 is 0.261 bits per heavy atom. The van der Waals surface area contributed by atoms with Crippen LogP contribution in [0, 0.1) is 0 Å². The predicted molar refractivity (Wildman–Crippen MR) is 479 cm³/mol. The maximum atomic E-state index is 7.66. The molecule has 6 aliphatic rings. The molecule has 0 aliphatic carbocycles. The molecule has 3 aromatic heterocycles. The number of hydrogen-bond acceptors (Lipinski definition) is 24. The van der Waals surface area contributed by atoms with E-state index in [1.54, 1.807) is 0 Å². The van der Waals surface area contributed by atoms with E-state index in [0.717, 1.165) is 193 Å². The van der Waals surface area contributed by atoms with E-state index in [9.17, 15) is 0 Å². The first-order valence-electron chi connectivity index (χ1n) is 45.9. The Hall–Kier alpha value is -5.01. The second-order valence-corrected chi connectivity index (χ2v) is 44.4. The number of aromatic nitrogens is 9. The van der Waals surface area contributed by atoms with Crippen LogP contribution in [-0.4, -0.2) is 206 Å². The molecule has 9 heterocycles. The summed E-state index contributed by atoms with van der Waals surface area (Å²) in [5.41, 5.74) is -1.60. The van der Waals surface area contributed by atoms with Crippen LogP contribution in [0.25, 0.3) is 0 Å². The highest BCUT2D eigenvalue weighted by atomic mass is 16.6. The van der Waals surface area contributed by atoms with Crippen LogP contribution in [0.1, 0.15) is 368 Å². The van der Waals surface area contributed by atoms with Crippen molar-refractivity contribution in [1.82, 2.24) is 76.8 Å². The summed E-state index contributed by atoms with van der Waals surface area (Å²) in [5.74, 6) is 3.92. The number of ether oxygens (including phenoxy) is 3. The molecule has 1 atom stereocenters. The molecule has 0 bridgehead atoms. The van der Waals surface area contributed by atoms with Gasteiger partial charge < -0.3 is 75.5 Å². The third kappa shape index (κ3) is 27.2. The third-order valence-electron chi connectivity index (χ3n) is 24.8. The lowest BCUT2D eigenvalue weighted by Gasteiger charge is -2.50. The number of nitrogens with one attached hydrogen (secondary N) is 6. The number of piperidine rings is 6. The zero-order valence-corrected chi connectivity index (χ0v) is 78.8. The Morgan fingerprint density at radius 3 is 0.617 bits per heavy atom. The molecule has 0 spiro atoms. The van der Waals surface area contributed by atoms with Crippen LogP contribution in [-0.2, 0) is 0 Å². The Kier molecular flexibility index (Phi) is 30.6. The first kappa shape index (κ1) is 93.9. The van der Waals surface area contributed by atoms with Crippen molar-refractivity contribution >= 4 is 35.7 Å². The molecule has 0 radical (unpaired) electrons. The van der Waals surface area contributed by atoms with Crippen LogP contribution >= 0.6 is 0 Å². The Bertz CT molecular complexity index is 3250. The highest BCUT2D eigenvalue weighted by Crippen LogP contribution is 2.43. The van der Waals surface area contributed by atoms with Crippen molar-refractivity contribution in [3.8, 4) is 18.0 Å². The average Bonchev–Trinajstić information content (AvgIpc) is 0.773. The van der Waals surface area contributed by atoms with E-state index in [1.165, 1.54) is 0 Å². The Balaban J connectivity index is 1.24. The maximum Gasteiger partial charge on any atom is 0.323 e. The molecule has 6 saturated heterocycles. The van der Waals surface area contributed by atoms with Gasteiger partial charge in [0.05, 0.1) is 6.61 Å². The lowest BCUT2D eigenvalue weighted by atomic mass is 9.79. The van der Waals surface area contributed by atoms with E-state index < -0.39 is 6.10 Å². The summed E-state index contributed by atoms with van der Waals surface area (Å²) >= 11 is 0. The van der Waals surface area contributed by atoms with Gasteiger partial charge >= 0.3 is 18.0 Å². The molecule has 656 valence electrons. The summed E-state index contributed by atoms with van der Waals surface area (Å²) in [4.78, 5) is 65.5. The molecular formula is C91H169N21O3. The van der Waals surface area contributed by atoms with Crippen LogP contribution in [0.15, 0.2) is 0 Å². The molecule has 0 saturated carbocycles. The molecular weight excluding hydrogens is 1440 g/mol. The molecule has 6 aliphatic heterocycles. The van der Waals surface area contributed by atoms with Gasteiger partial charge in [0.15, 0.2) is 0 Å². The van der Waals surface area contributed by atoms with Crippen molar-refractivity contribution in [2.45, 2.75) is 477 Å². The smallest absolute Gasteiger partial charge is 0.323 e. The number of unbranched alkanes of at least 4 members (excludes halogenated alkanes) is 6. The molecule has 24 nitrogen and oxygen atoms in total. The monoisotopic (exact) mass is 1600 g/mol. The van der Waals surface area contributed by atoms with Crippen LogP contribution in [0.5, 0.6) is 18.0 Å². The van der Waals surface area contributed by atoms with Gasteiger partial charge in [-0.2, -0.15) is 44.9 Å². The molecule has 1 unspecified atom stereocenters. The first-order valence-corrected chi connectivity index (χ1v) is 45.9. The van der Waals surface area contributed by atoms with Gasteiger partial charge in [-0.1, -0.05) is 80.1 Å². The van der Waals surface area contributed by atoms with Gasteiger partial charge in [0.2, 0.25) is 35.7 Å². The molecule has 0 aromatic carbocycles. The fourth-order valence-electron chi connectivity index (χ4n) is 22.3. The highest BCUT2D eigenvalue weighted by molar-refractivity contribution is 5.47. The standard InChI is InChI=1S/C91H169N21O3/c1-31-37-44-107(64-51-80(7,8)101-81(9,10)52-64)71-92-72(108(45-38-32-2)65-53-82(11,12)102-83(13,14)54-65)96-77(95-71)113-50-43-70(115-79-99-75(111(48-41-35-5)68-59-88(23,24)105-89(25,26)60-68)94-76(100-79)112(49-42-36-6)69-61-90(27,28)106-91(29,30)62-69)63-114-78-97-73(109(46-39-33-3)66-55-84(15,16)103-85(17,18)56-66)93-74(98-78)110(47-40-34-4)67-57-86(19,20)104-87(21,22)58-67/h64-70,101-106H,31-63H2,1-30H3. The Morgan fingerprint density at radius 2 is 0.435 bits per heavy atom. The third-order valence-corrected chi connectivity index (χ3v) is 24.8. The van der Waals surface area contributed by atoms with Crippen molar-refractivity contribution in [3.63, 3.8) is 0 Å². The van der Waals surface area contributed by atoms with Crippen LogP contribution in [0.3, 0.4) is 0 Å². The van der Waals surface area contributed by atoms with E-state index in [2.05, 4.69) is 269 Å². The van der Waals surface area contributed by atoms with E-state index in [-0.39, 0.29) is 128 Å². The lowest BCUT2D eigenvalue weighted by molar-refractivity contribution is 0.0900. The zero-order chi connectivity index (χ0) is 84.8. The largest absolute Gasteiger partial charge is 0.463 e. The summed E-state index contributed by atoms with van der Waals surface area (Å²) in [6.07, 6.45) is 22.8. The minimum absolute atomic E-state index is 0.0334. The summed E-state index contributed by atoms with van der Waals surface area (Å²) in [7, 11) is 0. The normalized spacial score (nSPS) is 23.2. The van der Waals surface area contributed by atoms with Gasteiger partial charge in [-0.05, 0) is 282 Å². The number of hydrogen-bond donors (Lipinski definition) is 6. The summed E-state index contributed by atoms with van der Waals surface area (Å²) in [6, 6.07) is 1.68. The van der Waals surface area contributed by atoms with Crippen molar-refractivity contribution < 1.29 is 14.2 Å². The van der Waals surface area contributed by atoms with Gasteiger partial charge in [-0.15, -0.1) is 0 Å². The summed E-state index contributed by atoms with van der Waals surface area (Å²) in [6.45, 7) is 74.8. The van der Waals surface area contributed by atoms with E-state index in [1.807, 2.05) is 0 Å². The maximum absolute atomic E-state index is 7.66. The topological polar surface area (TPSA) is 235 Å². The second-order valence-electron chi connectivity index (χ2n) is 44.4. The fraction of sp³-hybridized carbons (Fsp3) is 0.901. The first-order chi connectivity index (χ1) is 53.4. The second kappa shape index (κ2) is 37.5. The fourth-order valence-corrected chi connectivity index (χ4v) is 22.3. The number of nitrogens with zero attached hydrogens (tertiary/aromatic N) is 15. The number of rotatable bonds is 39. The van der Waals surface area contributed by atoms with E-state index >= 15 is 0 Å². The van der Waals surface area contributed by atoms with Gasteiger partial charge in [-0.3, -0.25) is 0 Å². The molecule has 0 amide bonds. The highest BCUT2D eigenvalue weighted by Gasteiger charge is 2.49. The van der Waals surface area contributed by atoms with Gasteiger partial charge in [-0.25, -0.2) is 0 Å². The average molecular weight is 1610 g/mol. The SMILES string of the molecule is CCCCN(c1nc(OCCC(COc2nc(N(CCCC)C3CC(C)(C)NC(C)(C)C3)nc(N(CCCC)C3CC(C)(C)NC(C)(C)C3)n2)Oc2nc(N(CCCC)C3CC(C)(C)NC(C)(C)C3)nc(N(CCCC)C3CC(C)(C)NC(C)(C)C3)n2)nc(N(CCCC)C2CC(C)(C)NC(C)(C)C2)n1)C1CC(C)(C)NC(C)(C)C1. The predicted octanol–water partition coefficient (Wildman–Crippen LogP) is 17.0. The molecule has 6 fully saturated rings. The van der Waals surface area contributed by atoms with Crippen molar-refractivity contribution in [3.05, 3.63) is 0 Å². The van der Waals surface area contributed by atoms with Gasteiger partial charge in [0.25, 0.3) is 0 Å². The van der Waals surface area contributed by atoms with E-state index in [0.29, 0.717) is 48.1 Å². The van der Waals surface area contributed by atoms with E-state index in [4.69, 9.17) is 59.1 Å². The summed E-state index contributed by atoms with van der Waals surface area (Å²) < 4.78 is 22.3. The van der Waals surface area contributed by atoms with Crippen molar-refractivity contribution in [2.24, 2.45) is 0 Å². The molecule has 6 N–H and O–H groups in total. The lowest BCUT2D eigenvalue weighted by Crippen LogP contribution is -2.63. The summed E-state index contributed by atoms with van der Waals surface area (Å²) in [5, 5.41) is 23.9. The van der Waals surface area contributed by atoms with Gasteiger partial charge in [0.1, 0.15) is 12.7 Å². The van der Waals surface area contributed by atoms with Crippen LogP contribution in [0.4, 0.5) is 35.7 Å². The van der Waals surface area contributed by atoms with Crippen LogP contribution < -0.4 is 75.5 Å². The quantitative estimate of drug-likeness (QED) is 0.0311. The molecule has 9 rings (SSSR count). The van der Waals surface area contributed by atoms with Gasteiger partial charge in [0, 0.05) is 148 Å². The zero-order valence-electron chi connectivity index (χ0n) is 78.8. The van der Waals surface area contributed by atoms with Crippen molar-refractivity contribution in [1.29, 1.82) is 0 Å². The minimum atomic E-state index is -0.723. The number of anilines is 6. The minimum Gasteiger partial charge on any atom is -0.463 e. The molecule has 115 heavy (non-hydrogen) atoms. The van der Waals surface area contributed by atoms with Crippen LogP contribution in [0.2, 0.25) is 0 Å². The van der Waals surface area contributed by atoms with Crippen molar-refractivity contribution in [2.75, 3.05) is 81.9 Å². The molecule has 24 heteroatoms.